The fraction of sp³-hybridized carbons (Fsp3) is 0.412. The molecule has 1 aromatic carbocycles. The van der Waals surface area contributed by atoms with Crippen LogP contribution in [0, 0.1) is 0 Å². The molecule has 6 heteroatoms. The Morgan fingerprint density at radius 2 is 2.13 bits per heavy atom. The molecule has 6 nitrogen and oxygen atoms in total. The second-order valence-corrected chi connectivity index (χ2v) is 6.22. The molecule has 0 amide bonds. The number of carbonyl (C=O) groups is 1. The minimum atomic E-state index is -0.695. The predicted molar refractivity (Wildman–Crippen MR) is 85.5 cm³/mol. The molecule has 2 aromatic rings. The molecule has 0 saturated carbocycles. The van der Waals surface area contributed by atoms with E-state index in [9.17, 15) is 9.90 Å². The first-order chi connectivity index (χ1) is 10.8. The van der Waals surface area contributed by atoms with Crippen LogP contribution < -0.4 is 4.74 Å². The first kappa shape index (κ1) is 17.0. The van der Waals surface area contributed by atoms with Gasteiger partial charge in [-0.3, -0.25) is 0 Å². The van der Waals surface area contributed by atoms with E-state index in [2.05, 4.69) is 5.10 Å². The van der Waals surface area contributed by atoms with Crippen molar-refractivity contribution in [1.82, 2.24) is 9.78 Å². The summed E-state index contributed by atoms with van der Waals surface area (Å²) in [6.45, 7) is 6.89. The molecule has 0 unspecified atom stereocenters. The highest BCUT2D eigenvalue weighted by Gasteiger charge is 2.17. The Balaban J connectivity index is 2.12. The molecule has 0 aliphatic carbocycles. The van der Waals surface area contributed by atoms with Crippen molar-refractivity contribution in [3.63, 3.8) is 0 Å². The van der Waals surface area contributed by atoms with Crippen LogP contribution >= 0.6 is 0 Å². The average Bonchev–Trinajstić information content (AvgIpc) is 2.97. The van der Waals surface area contributed by atoms with Crippen LogP contribution in [0.2, 0.25) is 0 Å². The van der Waals surface area contributed by atoms with E-state index in [0.29, 0.717) is 11.3 Å². The van der Waals surface area contributed by atoms with Gasteiger partial charge >= 0.3 is 5.97 Å². The number of nitrogens with zero attached hydrogens (tertiary/aromatic N) is 2. The minimum Gasteiger partial charge on any atom is -0.482 e. The zero-order valence-corrected chi connectivity index (χ0v) is 13.8. The summed E-state index contributed by atoms with van der Waals surface area (Å²) in [4.78, 5) is 11.7. The van der Waals surface area contributed by atoms with Crippen molar-refractivity contribution in [2.45, 2.75) is 39.4 Å². The number of aromatic nitrogens is 2. The van der Waals surface area contributed by atoms with Gasteiger partial charge in [0, 0.05) is 18.0 Å². The Labute approximate surface area is 135 Å². The smallest absolute Gasteiger partial charge is 0.344 e. The van der Waals surface area contributed by atoms with Crippen LogP contribution in [-0.4, -0.2) is 33.1 Å². The normalized spacial score (nSPS) is 12.7. The van der Waals surface area contributed by atoms with Crippen molar-refractivity contribution in [3.05, 3.63) is 42.2 Å². The Morgan fingerprint density at radius 3 is 2.70 bits per heavy atom. The predicted octanol–water partition coefficient (Wildman–Crippen LogP) is 2.65. The Bertz CT molecular complexity index is 658. The SMILES string of the molecule is C[C@@H](O)c1cc(OCC(=O)OC(C)(C)C)ccc1-n1cccn1. The third-order valence-corrected chi connectivity index (χ3v) is 2.98. The summed E-state index contributed by atoms with van der Waals surface area (Å²) in [5, 5.41) is 14.1. The highest BCUT2D eigenvalue weighted by molar-refractivity contribution is 5.71. The number of hydrogen-bond acceptors (Lipinski definition) is 5. The van der Waals surface area contributed by atoms with Gasteiger partial charge in [-0.2, -0.15) is 5.10 Å². The van der Waals surface area contributed by atoms with E-state index in [1.165, 1.54) is 0 Å². The lowest BCUT2D eigenvalue weighted by Gasteiger charge is -2.20. The number of benzene rings is 1. The molecule has 1 aromatic heterocycles. The van der Waals surface area contributed by atoms with Gasteiger partial charge in [-0.05, 0) is 52.0 Å². The molecule has 1 N–H and O–H groups in total. The van der Waals surface area contributed by atoms with Crippen LogP contribution in [0.25, 0.3) is 5.69 Å². The molecule has 2 rings (SSSR count). The highest BCUT2D eigenvalue weighted by atomic mass is 16.6. The summed E-state index contributed by atoms with van der Waals surface area (Å²) in [6, 6.07) is 7.03. The molecule has 124 valence electrons. The largest absolute Gasteiger partial charge is 0.482 e. The van der Waals surface area contributed by atoms with Gasteiger partial charge in [0.15, 0.2) is 6.61 Å². The number of carbonyl (C=O) groups excluding carboxylic acids is 1. The van der Waals surface area contributed by atoms with Gasteiger partial charge in [0.1, 0.15) is 11.4 Å². The van der Waals surface area contributed by atoms with E-state index < -0.39 is 17.7 Å². The van der Waals surface area contributed by atoms with Crippen LogP contribution in [-0.2, 0) is 9.53 Å². The Hall–Kier alpha value is -2.34. The topological polar surface area (TPSA) is 73.6 Å². The fourth-order valence-corrected chi connectivity index (χ4v) is 2.09. The maximum absolute atomic E-state index is 11.7. The maximum atomic E-state index is 11.7. The molecule has 0 radical (unpaired) electrons. The molecule has 1 atom stereocenters. The first-order valence-electron chi connectivity index (χ1n) is 7.43. The van der Waals surface area contributed by atoms with Crippen molar-refractivity contribution in [1.29, 1.82) is 0 Å². The Morgan fingerprint density at radius 1 is 1.39 bits per heavy atom. The molecule has 0 aliphatic heterocycles. The van der Waals surface area contributed by atoms with Crippen molar-refractivity contribution in [2.24, 2.45) is 0 Å². The summed E-state index contributed by atoms with van der Waals surface area (Å²) in [5.41, 5.74) is 0.875. The second kappa shape index (κ2) is 6.83. The van der Waals surface area contributed by atoms with E-state index in [-0.39, 0.29) is 6.61 Å². The molecule has 1 heterocycles. The van der Waals surface area contributed by atoms with Gasteiger partial charge in [-0.15, -0.1) is 0 Å². The first-order valence-corrected chi connectivity index (χ1v) is 7.43. The van der Waals surface area contributed by atoms with Gasteiger partial charge < -0.3 is 14.6 Å². The summed E-state index contributed by atoms with van der Waals surface area (Å²) in [6.07, 6.45) is 2.76. The van der Waals surface area contributed by atoms with Gasteiger partial charge in [-0.1, -0.05) is 0 Å². The summed E-state index contributed by atoms with van der Waals surface area (Å²) in [5.74, 6) is 0.0508. The van der Waals surface area contributed by atoms with Crippen molar-refractivity contribution < 1.29 is 19.4 Å². The van der Waals surface area contributed by atoms with Crippen molar-refractivity contribution in [3.8, 4) is 11.4 Å². The lowest BCUT2D eigenvalue weighted by atomic mass is 10.1. The third kappa shape index (κ3) is 4.82. The second-order valence-electron chi connectivity index (χ2n) is 6.22. The van der Waals surface area contributed by atoms with Gasteiger partial charge in [0.25, 0.3) is 0 Å². The molecule has 0 saturated heterocycles. The number of ether oxygens (including phenoxy) is 2. The molecule has 0 aliphatic rings. The van der Waals surface area contributed by atoms with E-state index in [1.807, 2.05) is 0 Å². The van der Waals surface area contributed by atoms with Gasteiger partial charge in [0.2, 0.25) is 0 Å². The molecular formula is C17H22N2O4. The van der Waals surface area contributed by atoms with E-state index in [4.69, 9.17) is 9.47 Å². The van der Waals surface area contributed by atoms with Gasteiger partial charge in [-0.25, -0.2) is 9.48 Å². The van der Waals surface area contributed by atoms with Crippen LogP contribution in [0.1, 0.15) is 39.4 Å². The van der Waals surface area contributed by atoms with Crippen LogP contribution in [0.15, 0.2) is 36.7 Å². The maximum Gasteiger partial charge on any atom is 0.344 e. The number of hydrogen-bond donors (Lipinski definition) is 1. The minimum absolute atomic E-state index is 0.183. The zero-order chi connectivity index (χ0) is 17.0. The Kier molecular flexibility index (Phi) is 5.05. The molecule has 0 spiro atoms. The average molecular weight is 318 g/mol. The third-order valence-electron chi connectivity index (χ3n) is 2.98. The standard InChI is InChI=1S/C17H22N2O4/c1-12(20)14-10-13(22-11-16(21)23-17(2,3)4)6-7-15(14)19-9-5-8-18-19/h5-10,12,20H,11H2,1-4H3/t12-/m1/s1. The van der Waals surface area contributed by atoms with Crippen LogP contribution in [0.4, 0.5) is 0 Å². The lowest BCUT2D eigenvalue weighted by Crippen LogP contribution is -2.27. The number of aliphatic hydroxyl groups excluding tert-OH is 1. The number of rotatable bonds is 5. The molecule has 0 bridgehead atoms. The van der Waals surface area contributed by atoms with E-state index in [0.717, 1.165) is 5.69 Å². The summed E-state index contributed by atoms with van der Waals surface area (Å²) < 4.78 is 12.3. The fourth-order valence-electron chi connectivity index (χ4n) is 2.09. The van der Waals surface area contributed by atoms with E-state index >= 15 is 0 Å². The summed E-state index contributed by atoms with van der Waals surface area (Å²) in [7, 11) is 0. The monoisotopic (exact) mass is 318 g/mol. The number of esters is 1. The van der Waals surface area contributed by atoms with E-state index in [1.54, 1.807) is 69.0 Å². The van der Waals surface area contributed by atoms with Crippen LogP contribution in [0.5, 0.6) is 5.75 Å². The zero-order valence-electron chi connectivity index (χ0n) is 13.8. The molecular weight excluding hydrogens is 296 g/mol. The van der Waals surface area contributed by atoms with Gasteiger partial charge in [0.05, 0.1) is 11.8 Å². The lowest BCUT2D eigenvalue weighted by molar-refractivity contribution is -0.157. The summed E-state index contributed by atoms with van der Waals surface area (Å²) >= 11 is 0. The molecule has 23 heavy (non-hydrogen) atoms. The quantitative estimate of drug-likeness (QED) is 0.858. The van der Waals surface area contributed by atoms with Crippen LogP contribution in [0.3, 0.4) is 0 Å². The highest BCUT2D eigenvalue weighted by Crippen LogP contribution is 2.26. The van der Waals surface area contributed by atoms with Crippen molar-refractivity contribution in [2.75, 3.05) is 6.61 Å². The number of aliphatic hydroxyl groups is 1. The molecule has 0 fully saturated rings. The van der Waals surface area contributed by atoms with Crippen molar-refractivity contribution >= 4 is 5.97 Å².